The third-order valence-electron chi connectivity index (χ3n) is 5.37. The maximum Gasteiger partial charge on any atom is 0.223 e. The third kappa shape index (κ3) is 3.51. The molecule has 0 aliphatic heterocycles. The predicted molar refractivity (Wildman–Crippen MR) is 89.7 cm³/mol. The van der Waals surface area contributed by atoms with Gasteiger partial charge in [-0.3, -0.25) is 4.79 Å². The number of nitrogens with zero attached hydrogens (tertiary/aromatic N) is 1. The highest BCUT2D eigenvalue weighted by molar-refractivity contribution is 7.11. The first-order valence-electron chi connectivity index (χ1n) is 8.64. The van der Waals surface area contributed by atoms with Crippen LogP contribution in [-0.2, 0) is 17.6 Å². The predicted octanol–water partition coefficient (Wildman–Crippen LogP) is 2.52. The fourth-order valence-electron chi connectivity index (χ4n) is 4.07. The van der Waals surface area contributed by atoms with E-state index >= 15 is 0 Å². The number of carbonyl (C=O) groups excluding carboxylic acids is 1. The first-order valence-corrected chi connectivity index (χ1v) is 9.46. The molecule has 3 rings (SSSR count). The van der Waals surface area contributed by atoms with Crippen molar-refractivity contribution in [3.63, 3.8) is 0 Å². The van der Waals surface area contributed by atoms with Gasteiger partial charge >= 0.3 is 0 Å². The summed E-state index contributed by atoms with van der Waals surface area (Å²) < 4.78 is 0. The van der Waals surface area contributed by atoms with Gasteiger partial charge < -0.3 is 11.1 Å². The highest BCUT2D eigenvalue weighted by atomic mass is 32.1. The first-order chi connectivity index (χ1) is 10.7. The largest absolute Gasteiger partial charge is 0.355 e. The van der Waals surface area contributed by atoms with Crippen LogP contribution in [0.2, 0.25) is 0 Å². The number of hydrogen-bond donors (Lipinski definition) is 2. The molecule has 4 nitrogen and oxygen atoms in total. The van der Waals surface area contributed by atoms with E-state index in [0.29, 0.717) is 24.4 Å². The minimum Gasteiger partial charge on any atom is -0.355 e. The van der Waals surface area contributed by atoms with E-state index in [0.717, 1.165) is 30.7 Å². The number of amides is 1. The van der Waals surface area contributed by atoms with Crippen LogP contribution in [0.4, 0.5) is 0 Å². The molecule has 2 atom stereocenters. The summed E-state index contributed by atoms with van der Waals surface area (Å²) in [5.74, 6) is 1.54. The van der Waals surface area contributed by atoms with Crippen molar-refractivity contribution in [1.29, 1.82) is 0 Å². The topological polar surface area (TPSA) is 68.0 Å². The molecule has 1 amide bonds. The van der Waals surface area contributed by atoms with Gasteiger partial charge in [-0.05, 0) is 43.9 Å². The molecule has 2 fully saturated rings. The molecule has 1 aromatic heterocycles. The van der Waals surface area contributed by atoms with E-state index in [1.807, 2.05) is 6.20 Å². The molecule has 2 saturated carbocycles. The summed E-state index contributed by atoms with van der Waals surface area (Å²) in [6.45, 7) is 2.84. The number of fused-ring (bicyclic) bond motifs is 2. The quantitative estimate of drug-likeness (QED) is 0.875. The van der Waals surface area contributed by atoms with Crippen molar-refractivity contribution in [2.24, 2.45) is 23.5 Å². The van der Waals surface area contributed by atoms with Crippen LogP contribution in [-0.4, -0.2) is 23.5 Å². The van der Waals surface area contributed by atoms with Gasteiger partial charge in [0.1, 0.15) is 0 Å². The van der Waals surface area contributed by atoms with Crippen LogP contribution in [0.1, 0.15) is 48.9 Å². The van der Waals surface area contributed by atoms with Crippen LogP contribution in [0.3, 0.4) is 0 Å². The Labute approximate surface area is 136 Å². The van der Waals surface area contributed by atoms with E-state index in [1.54, 1.807) is 11.3 Å². The van der Waals surface area contributed by atoms with Gasteiger partial charge in [-0.25, -0.2) is 4.98 Å². The number of rotatable bonds is 5. The smallest absolute Gasteiger partial charge is 0.223 e. The number of carbonyl (C=O) groups is 1. The highest BCUT2D eigenvalue weighted by Crippen LogP contribution is 2.41. The Kier molecular flexibility index (Phi) is 5.14. The lowest BCUT2D eigenvalue weighted by Gasteiger charge is -2.43. The summed E-state index contributed by atoms with van der Waals surface area (Å²) in [5, 5.41) is 4.24. The molecule has 0 radical (unpaired) electrons. The fraction of sp³-hybridized carbons (Fsp3) is 0.765. The van der Waals surface area contributed by atoms with Gasteiger partial charge in [0.25, 0.3) is 0 Å². The van der Waals surface area contributed by atoms with Gasteiger partial charge in [-0.2, -0.15) is 0 Å². The van der Waals surface area contributed by atoms with Gasteiger partial charge in [-0.15, -0.1) is 11.3 Å². The Bertz CT molecular complexity index is 502. The molecule has 5 heteroatoms. The van der Waals surface area contributed by atoms with Gasteiger partial charge in [0, 0.05) is 36.0 Å². The number of thiazole rings is 1. The zero-order valence-corrected chi connectivity index (χ0v) is 14.2. The summed E-state index contributed by atoms with van der Waals surface area (Å²) in [5.41, 5.74) is 6.30. The van der Waals surface area contributed by atoms with Crippen LogP contribution in [0.5, 0.6) is 0 Å². The normalized spacial score (nSPS) is 31.0. The van der Waals surface area contributed by atoms with Gasteiger partial charge in [0.2, 0.25) is 5.91 Å². The molecule has 1 heterocycles. The standard InChI is InChI=1S/C17H27N3OS/c1-2-14-10-20-15(22-14)6-7-19-17(21)13-8-11-4-3-5-12(9-13)16(11)18/h10-13,16H,2-9,18H2,1H3,(H,19,21). The van der Waals surface area contributed by atoms with E-state index in [2.05, 4.69) is 17.2 Å². The highest BCUT2D eigenvalue weighted by Gasteiger charge is 2.40. The van der Waals surface area contributed by atoms with Crippen molar-refractivity contribution in [3.8, 4) is 0 Å². The average molecular weight is 321 g/mol. The lowest BCUT2D eigenvalue weighted by molar-refractivity contribution is -0.127. The summed E-state index contributed by atoms with van der Waals surface area (Å²) in [4.78, 5) is 18.1. The third-order valence-corrected chi connectivity index (χ3v) is 6.57. The van der Waals surface area contributed by atoms with E-state index < -0.39 is 0 Å². The Morgan fingerprint density at radius 2 is 2.14 bits per heavy atom. The van der Waals surface area contributed by atoms with Crippen molar-refractivity contribution in [2.45, 2.75) is 57.9 Å². The molecule has 1 aromatic rings. The first kappa shape index (κ1) is 15.9. The van der Waals surface area contributed by atoms with Crippen LogP contribution in [0.25, 0.3) is 0 Å². The van der Waals surface area contributed by atoms with Crippen LogP contribution < -0.4 is 11.1 Å². The van der Waals surface area contributed by atoms with Crippen molar-refractivity contribution in [3.05, 3.63) is 16.1 Å². The summed E-state index contributed by atoms with van der Waals surface area (Å²) >= 11 is 1.76. The molecule has 2 aliphatic rings. The Morgan fingerprint density at radius 1 is 1.41 bits per heavy atom. The number of hydrogen-bond acceptors (Lipinski definition) is 4. The SMILES string of the molecule is CCc1cnc(CCNC(=O)C2CC3CCCC(C2)C3N)s1. The Hall–Kier alpha value is -0.940. The van der Waals surface area contributed by atoms with Crippen LogP contribution in [0, 0.1) is 17.8 Å². The second kappa shape index (κ2) is 7.09. The van der Waals surface area contributed by atoms with Gasteiger partial charge in [0.15, 0.2) is 0 Å². The van der Waals surface area contributed by atoms with E-state index in [4.69, 9.17) is 5.73 Å². The van der Waals surface area contributed by atoms with Crippen molar-refractivity contribution in [2.75, 3.05) is 6.54 Å². The maximum atomic E-state index is 12.4. The minimum atomic E-state index is 0.178. The average Bonchev–Trinajstić information content (AvgIpc) is 2.95. The summed E-state index contributed by atoms with van der Waals surface area (Å²) in [6.07, 6.45) is 9.51. The fourth-order valence-corrected chi connectivity index (χ4v) is 4.93. The Morgan fingerprint density at radius 3 is 2.77 bits per heavy atom. The number of aryl methyl sites for hydroxylation is 1. The lowest BCUT2D eigenvalue weighted by Crippen LogP contribution is -2.49. The molecule has 0 saturated heterocycles. The molecular weight excluding hydrogens is 294 g/mol. The van der Waals surface area contributed by atoms with Crippen molar-refractivity contribution >= 4 is 17.2 Å². The molecule has 0 aromatic carbocycles. The second-order valence-corrected chi connectivity index (χ2v) is 8.01. The van der Waals surface area contributed by atoms with E-state index in [-0.39, 0.29) is 11.8 Å². The molecule has 0 spiro atoms. The van der Waals surface area contributed by atoms with Gasteiger partial charge in [0.05, 0.1) is 5.01 Å². The van der Waals surface area contributed by atoms with E-state index in [9.17, 15) is 4.79 Å². The van der Waals surface area contributed by atoms with Gasteiger partial charge in [-0.1, -0.05) is 13.3 Å². The molecular formula is C17H27N3OS. The molecule has 3 N–H and O–H groups in total. The zero-order chi connectivity index (χ0) is 15.5. The lowest BCUT2D eigenvalue weighted by atomic mass is 9.65. The van der Waals surface area contributed by atoms with Crippen LogP contribution in [0.15, 0.2) is 6.20 Å². The molecule has 2 aliphatic carbocycles. The van der Waals surface area contributed by atoms with Crippen LogP contribution >= 0.6 is 11.3 Å². The summed E-state index contributed by atoms with van der Waals surface area (Å²) in [7, 11) is 0. The molecule has 122 valence electrons. The van der Waals surface area contributed by atoms with Crippen molar-refractivity contribution < 1.29 is 4.79 Å². The number of nitrogens with one attached hydrogen (secondary N) is 1. The molecule has 22 heavy (non-hydrogen) atoms. The maximum absolute atomic E-state index is 12.4. The zero-order valence-electron chi connectivity index (χ0n) is 13.4. The second-order valence-electron chi connectivity index (χ2n) is 6.81. The molecule has 2 unspecified atom stereocenters. The summed E-state index contributed by atoms with van der Waals surface area (Å²) in [6, 6.07) is 0.334. The number of aromatic nitrogens is 1. The minimum absolute atomic E-state index is 0.178. The monoisotopic (exact) mass is 321 g/mol. The Balaban J connectivity index is 1.46. The van der Waals surface area contributed by atoms with E-state index in [1.165, 1.54) is 24.1 Å². The van der Waals surface area contributed by atoms with Crippen molar-refractivity contribution in [1.82, 2.24) is 10.3 Å². The molecule has 2 bridgehead atoms. The number of nitrogens with two attached hydrogens (primary N) is 1.